The Morgan fingerprint density at radius 3 is 2.89 bits per heavy atom. The molecule has 1 N–H and O–H groups in total. The second-order valence-electron chi connectivity index (χ2n) is 5.01. The number of hydrogen-bond acceptors (Lipinski definition) is 3. The Balaban J connectivity index is 1.79. The van der Waals surface area contributed by atoms with E-state index in [0.717, 1.165) is 31.4 Å². The minimum Gasteiger partial charge on any atom is -0.445 e. The predicted molar refractivity (Wildman–Crippen MR) is 72.6 cm³/mol. The van der Waals surface area contributed by atoms with Crippen LogP contribution in [0.3, 0.4) is 0 Å². The predicted octanol–water partition coefficient (Wildman–Crippen LogP) is 2.42. The molecule has 4 heteroatoms. The third-order valence-corrected chi connectivity index (χ3v) is 3.52. The zero-order valence-corrected chi connectivity index (χ0v) is 11.1. The molecule has 0 unspecified atom stereocenters. The van der Waals surface area contributed by atoms with Crippen molar-refractivity contribution in [1.82, 2.24) is 4.90 Å². The molecule has 19 heavy (non-hydrogen) atoms. The second kappa shape index (κ2) is 7.14. The SMILES string of the molecule is O=C(OCc1ccccc1)N1CCC[C@H](CCO)C1. The highest BCUT2D eigenvalue weighted by Crippen LogP contribution is 2.20. The molecular weight excluding hydrogens is 242 g/mol. The fourth-order valence-corrected chi connectivity index (χ4v) is 2.46. The largest absolute Gasteiger partial charge is 0.445 e. The highest BCUT2D eigenvalue weighted by molar-refractivity contribution is 5.67. The Kier molecular flexibility index (Phi) is 5.21. The van der Waals surface area contributed by atoms with Crippen molar-refractivity contribution in [2.75, 3.05) is 19.7 Å². The molecule has 1 heterocycles. The summed E-state index contributed by atoms with van der Waals surface area (Å²) in [5.41, 5.74) is 1.000. The molecule has 1 fully saturated rings. The molecule has 1 amide bonds. The number of ether oxygens (including phenoxy) is 1. The molecule has 1 aliphatic rings. The van der Waals surface area contributed by atoms with Gasteiger partial charge in [0, 0.05) is 19.7 Å². The minimum atomic E-state index is -0.244. The van der Waals surface area contributed by atoms with E-state index in [9.17, 15) is 4.79 Å². The van der Waals surface area contributed by atoms with Crippen molar-refractivity contribution in [3.63, 3.8) is 0 Å². The fourth-order valence-electron chi connectivity index (χ4n) is 2.46. The number of piperidine rings is 1. The lowest BCUT2D eigenvalue weighted by atomic mass is 9.95. The summed E-state index contributed by atoms with van der Waals surface area (Å²) in [4.78, 5) is 13.7. The summed E-state index contributed by atoms with van der Waals surface area (Å²) in [7, 11) is 0. The average molecular weight is 263 g/mol. The van der Waals surface area contributed by atoms with Gasteiger partial charge in [-0.2, -0.15) is 0 Å². The Morgan fingerprint density at radius 2 is 2.16 bits per heavy atom. The van der Waals surface area contributed by atoms with Gasteiger partial charge in [-0.1, -0.05) is 30.3 Å². The number of benzene rings is 1. The zero-order valence-electron chi connectivity index (χ0n) is 11.1. The first-order valence-electron chi connectivity index (χ1n) is 6.86. The summed E-state index contributed by atoms with van der Waals surface area (Å²) in [5.74, 6) is 0.406. The molecule has 1 aromatic carbocycles. The van der Waals surface area contributed by atoms with Crippen molar-refractivity contribution >= 4 is 6.09 Å². The van der Waals surface area contributed by atoms with E-state index < -0.39 is 0 Å². The molecule has 1 atom stereocenters. The van der Waals surface area contributed by atoms with Crippen LogP contribution < -0.4 is 0 Å². The highest BCUT2D eigenvalue weighted by atomic mass is 16.6. The number of rotatable bonds is 4. The first kappa shape index (κ1) is 13.9. The van der Waals surface area contributed by atoms with Crippen LogP contribution in [0.25, 0.3) is 0 Å². The number of likely N-dealkylation sites (tertiary alicyclic amines) is 1. The lowest BCUT2D eigenvalue weighted by Crippen LogP contribution is -2.40. The maximum atomic E-state index is 12.0. The van der Waals surface area contributed by atoms with Gasteiger partial charge in [0.1, 0.15) is 6.61 Å². The molecular formula is C15H21NO3. The number of amides is 1. The van der Waals surface area contributed by atoms with Gasteiger partial charge in [-0.05, 0) is 30.7 Å². The molecule has 0 spiro atoms. The lowest BCUT2D eigenvalue weighted by molar-refractivity contribution is 0.0750. The van der Waals surface area contributed by atoms with Gasteiger partial charge < -0.3 is 14.7 Å². The molecule has 1 saturated heterocycles. The maximum absolute atomic E-state index is 12.0. The third-order valence-electron chi connectivity index (χ3n) is 3.52. The second-order valence-corrected chi connectivity index (χ2v) is 5.01. The molecule has 2 rings (SSSR count). The van der Waals surface area contributed by atoms with Crippen molar-refractivity contribution < 1.29 is 14.6 Å². The first-order valence-corrected chi connectivity index (χ1v) is 6.86. The van der Waals surface area contributed by atoms with E-state index in [4.69, 9.17) is 9.84 Å². The molecule has 0 radical (unpaired) electrons. The van der Waals surface area contributed by atoms with Gasteiger partial charge in [-0.3, -0.25) is 0 Å². The minimum absolute atomic E-state index is 0.192. The van der Waals surface area contributed by atoms with Crippen molar-refractivity contribution in [1.29, 1.82) is 0 Å². The number of hydrogen-bond donors (Lipinski definition) is 1. The van der Waals surface area contributed by atoms with Crippen LogP contribution in [0.4, 0.5) is 4.79 Å². The van der Waals surface area contributed by atoms with Crippen LogP contribution in [-0.4, -0.2) is 35.8 Å². The summed E-state index contributed by atoms with van der Waals surface area (Å²) < 4.78 is 5.32. The Labute approximate surface area is 114 Å². The van der Waals surface area contributed by atoms with Crippen LogP contribution in [0.5, 0.6) is 0 Å². The van der Waals surface area contributed by atoms with Crippen LogP contribution in [0, 0.1) is 5.92 Å². The van der Waals surface area contributed by atoms with E-state index in [1.165, 1.54) is 0 Å². The smallest absolute Gasteiger partial charge is 0.410 e. The molecule has 104 valence electrons. The quantitative estimate of drug-likeness (QED) is 0.907. The van der Waals surface area contributed by atoms with E-state index in [2.05, 4.69) is 0 Å². The van der Waals surface area contributed by atoms with E-state index in [-0.39, 0.29) is 12.7 Å². The van der Waals surface area contributed by atoms with E-state index in [1.807, 2.05) is 30.3 Å². The Bertz CT molecular complexity index is 392. The van der Waals surface area contributed by atoms with E-state index in [0.29, 0.717) is 19.1 Å². The third kappa shape index (κ3) is 4.24. The number of carbonyl (C=O) groups is 1. The Morgan fingerprint density at radius 1 is 1.37 bits per heavy atom. The van der Waals surface area contributed by atoms with E-state index in [1.54, 1.807) is 4.90 Å². The summed E-state index contributed by atoms with van der Waals surface area (Å²) in [6.45, 7) is 1.97. The monoisotopic (exact) mass is 263 g/mol. The number of nitrogens with zero attached hydrogens (tertiary/aromatic N) is 1. The molecule has 0 bridgehead atoms. The van der Waals surface area contributed by atoms with E-state index >= 15 is 0 Å². The topological polar surface area (TPSA) is 49.8 Å². The summed E-state index contributed by atoms with van der Waals surface area (Å²) in [6.07, 6.45) is 2.60. The summed E-state index contributed by atoms with van der Waals surface area (Å²) in [6, 6.07) is 9.69. The molecule has 0 aliphatic carbocycles. The molecule has 0 saturated carbocycles. The van der Waals surface area contributed by atoms with Crippen molar-refractivity contribution in [3.05, 3.63) is 35.9 Å². The van der Waals surface area contributed by atoms with Gasteiger partial charge in [-0.15, -0.1) is 0 Å². The average Bonchev–Trinajstić information content (AvgIpc) is 2.46. The molecule has 1 aliphatic heterocycles. The van der Waals surface area contributed by atoms with Gasteiger partial charge >= 0.3 is 6.09 Å². The fraction of sp³-hybridized carbons (Fsp3) is 0.533. The highest BCUT2D eigenvalue weighted by Gasteiger charge is 2.24. The van der Waals surface area contributed by atoms with Gasteiger partial charge in [0.05, 0.1) is 0 Å². The van der Waals surface area contributed by atoms with Crippen molar-refractivity contribution in [3.8, 4) is 0 Å². The van der Waals surface area contributed by atoms with Crippen LogP contribution in [0.15, 0.2) is 30.3 Å². The van der Waals surface area contributed by atoms with Crippen LogP contribution in [-0.2, 0) is 11.3 Å². The maximum Gasteiger partial charge on any atom is 0.410 e. The standard InChI is InChI=1S/C15H21NO3/c17-10-8-13-7-4-9-16(11-13)15(18)19-12-14-5-2-1-3-6-14/h1-3,5-6,13,17H,4,7-12H2/t13-/m1/s1. The number of aliphatic hydroxyl groups is 1. The van der Waals surface area contributed by atoms with Crippen LogP contribution in [0.2, 0.25) is 0 Å². The normalized spacial score (nSPS) is 19.2. The molecule has 1 aromatic rings. The van der Waals surface area contributed by atoms with Crippen LogP contribution in [0.1, 0.15) is 24.8 Å². The van der Waals surface area contributed by atoms with Gasteiger partial charge in [0.2, 0.25) is 0 Å². The number of aliphatic hydroxyl groups excluding tert-OH is 1. The number of carbonyl (C=O) groups excluding carboxylic acids is 1. The van der Waals surface area contributed by atoms with Crippen molar-refractivity contribution in [2.45, 2.75) is 25.9 Å². The summed E-state index contributed by atoms with van der Waals surface area (Å²) in [5, 5.41) is 8.96. The van der Waals surface area contributed by atoms with Gasteiger partial charge in [0.25, 0.3) is 0 Å². The van der Waals surface area contributed by atoms with Gasteiger partial charge in [0.15, 0.2) is 0 Å². The lowest BCUT2D eigenvalue weighted by Gasteiger charge is -2.31. The zero-order chi connectivity index (χ0) is 13.5. The Hall–Kier alpha value is -1.55. The molecule has 4 nitrogen and oxygen atoms in total. The van der Waals surface area contributed by atoms with Crippen LogP contribution >= 0.6 is 0 Å². The molecule has 0 aromatic heterocycles. The summed E-state index contributed by atoms with van der Waals surface area (Å²) >= 11 is 0. The first-order chi connectivity index (χ1) is 9.29. The van der Waals surface area contributed by atoms with Crippen molar-refractivity contribution in [2.24, 2.45) is 5.92 Å². The van der Waals surface area contributed by atoms with Gasteiger partial charge in [-0.25, -0.2) is 4.79 Å².